The molecule has 0 spiro atoms. The highest BCUT2D eigenvalue weighted by molar-refractivity contribution is 6.34. The molecule has 0 bridgehead atoms. The number of halogens is 5. The van der Waals surface area contributed by atoms with Crippen molar-refractivity contribution in [1.29, 1.82) is 0 Å². The summed E-state index contributed by atoms with van der Waals surface area (Å²) in [6.07, 6.45) is -3.07. The van der Waals surface area contributed by atoms with Gasteiger partial charge in [0.2, 0.25) is 0 Å². The summed E-state index contributed by atoms with van der Waals surface area (Å²) in [5, 5.41) is 0.949. The molecule has 0 saturated carbocycles. The lowest BCUT2D eigenvalue weighted by Gasteiger charge is -2.19. The summed E-state index contributed by atoms with van der Waals surface area (Å²) in [5.41, 5.74) is 1.94. The molecule has 192 valence electrons. The maximum Gasteiger partial charge on any atom is 0.416 e. The Morgan fingerprint density at radius 2 is 1.73 bits per heavy atom. The third-order valence-electron chi connectivity index (χ3n) is 6.14. The van der Waals surface area contributed by atoms with E-state index in [9.17, 15) is 22.8 Å². The van der Waals surface area contributed by atoms with Crippen LogP contribution in [0.1, 0.15) is 29.4 Å². The molecule has 1 aliphatic rings. The molecular formula is C27H21Cl2F3N2O3. The molecule has 0 radical (unpaired) electrons. The summed E-state index contributed by atoms with van der Waals surface area (Å²) in [6.45, 7) is 5.15. The molecule has 10 heteroatoms. The van der Waals surface area contributed by atoms with E-state index in [1.54, 1.807) is 18.2 Å². The summed E-state index contributed by atoms with van der Waals surface area (Å²) < 4.78 is 46.8. The van der Waals surface area contributed by atoms with E-state index >= 15 is 0 Å². The number of hydrogen-bond acceptors (Lipinski definition) is 3. The van der Waals surface area contributed by atoms with Crippen LogP contribution in [0.2, 0.25) is 10.0 Å². The van der Waals surface area contributed by atoms with E-state index in [1.165, 1.54) is 32.2 Å². The molecule has 1 aliphatic heterocycles. The van der Waals surface area contributed by atoms with E-state index in [4.69, 9.17) is 27.9 Å². The van der Waals surface area contributed by atoms with E-state index < -0.39 is 23.6 Å². The SMILES string of the molecule is COC(=O)C1=C(C)N(c2cccc(C(F)(F)F)c2)C(=O)C1=Cc1cc(C)n(-c2cc(Cl)ccc2Cl)c1C. The monoisotopic (exact) mass is 548 g/mol. The van der Waals surface area contributed by atoms with Crippen molar-refractivity contribution in [2.75, 3.05) is 12.0 Å². The first-order valence-electron chi connectivity index (χ1n) is 11.0. The fraction of sp³-hybridized carbons (Fsp3) is 0.185. The fourth-order valence-electron chi connectivity index (χ4n) is 4.43. The minimum absolute atomic E-state index is 0.000738. The fourth-order valence-corrected chi connectivity index (χ4v) is 4.80. The van der Waals surface area contributed by atoms with Gasteiger partial charge in [0, 0.05) is 27.8 Å². The zero-order chi connectivity index (χ0) is 27.2. The van der Waals surface area contributed by atoms with Gasteiger partial charge in [-0.25, -0.2) is 4.79 Å². The zero-order valence-corrected chi connectivity index (χ0v) is 21.7. The van der Waals surface area contributed by atoms with Crippen LogP contribution in [0.3, 0.4) is 0 Å². The van der Waals surface area contributed by atoms with Crippen LogP contribution in [0.25, 0.3) is 11.8 Å². The molecule has 4 rings (SSSR count). The van der Waals surface area contributed by atoms with E-state index in [0.717, 1.165) is 22.7 Å². The molecule has 2 heterocycles. The first-order valence-corrected chi connectivity index (χ1v) is 11.8. The highest BCUT2D eigenvalue weighted by Gasteiger charge is 2.39. The van der Waals surface area contributed by atoms with E-state index in [0.29, 0.717) is 27.0 Å². The smallest absolute Gasteiger partial charge is 0.416 e. The van der Waals surface area contributed by atoms with Crippen LogP contribution in [0.4, 0.5) is 18.9 Å². The topological polar surface area (TPSA) is 51.5 Å². The van der Waals surface area contributed by atoms with Crippen molar-refractivity contribution in [2.45, 2.75) is 26.9 Å². The van der Waals surface area contributed by atoms with Crippen LogP contribution in [-0.2, 0) is 20.5 Å². The quantitative estimate of drug-likeness (QED) is 0.254. The molecule has 5 nitrogen and oxygen atoms in total. The summed E-state index contributed by atoms with van der Waals surface area (Å²) >= 11 is 12.6. The van der Waals surface area contributed by atoms with Crippen LogP contribution >= 0.6 is 23.2 Å². The molecule has 0 N–H and O–H groups in total. The van der Waals surface area contributed by atoms with Crippen LogP contribution in [0.15, 0.2) is 65.4 Å². The molecule has 3 aromatic rings. The molecule has 0 unspecified atom stereocenters. The molecule has 37 heavy (non-hydrogen) atoms. The first-order chi connectivity index (χ1) is 17.3. The number of esters is 1. The predicted octanol–water partition coefficient (Wildman–Crippen LogP) is 7.30. The Hall–Kier alpha value is -3.49. The molecule has 0 saturated heterocycles. The Labute approximate surface area is 221 Å². The van der Waals surface area contributed by atoms with Crippen molar-refractivity contribution in [1.82, 2.24) is 4.57 Å². The van der Waals surface area contributed by atoms with Gasteiger partial charge in [0.25, 0.3) is 5.91 Å². The predicted molar refractivity (Wildman–Crippen MR) is 137 cm³/mol. The Morgan fingerprint density at radius 1 is 1.03 bits per heavy atom. The van der Waals surface area contributed by atoms with Crippen molar-refractivity contribution in [3.05, 3.63) is 97.9 Å². The van der Waals surface area contributed by atoms with Crippen LogP contribution in [0.5, 0.6) is 0 Å². The average molecular weight is 549 g/mol. The van der Waals surface area contributed by atoms with E-state index in [2.05, 4.69) is 0 Å². The number of nitrogens with zero attached hydrogens (tertiary/aromatic N) is 2. The number of ether oxygens (including phenoxy) is 1. The van der Waals surface area contributed by atoms with Crippen molar-refractivity contribution in [3.8, 4) is 5.69 Å². The van der Waals surface area contributed by atoms with Crippen LogP contribution in [-0.4, -0.2) is 23.6 Å². The lowest BCUT2D eigenvalue weighted by molar-refractivity contribution is -0.137. The number of alkyl halides is 3. The molecule has 0 atom stereocenters. The number of carbonyl (C=O) groups is 2. The molecule has 2 aromatic carbocycles. The van der Waals surface area contributed by atoms with E-state index in [1.807, 2.05) is 24.5 Å². The number of rotatable bonds is 4. The van der Waals surface area contributed by atoms with Crippen LogP contribution < -0.4 is 4.90 Å². The number of allylic oxidation sites excluding steroid dienone is 1. The maximum absolute atomic E-state index is 13.6. The number of carbonyl (C=O) groups excluding carboxylic acids is 2. The Kier molecular flexibility index (Phi) is 7.01. The van der Waals surface area contributed by atoms with Crippen molar-refractivity contribution < 1.29 is 27.5 Å². The number of aromatic nitrogens is 1. The third-order valence-corrected chi connectivity index (χ3v) is 6.70. The van der Waals surface area contributed by atoms with Gasteiger partial charge >= 0.3 is 12.1 Å². The highest BCUT2D eigenvalue weighted by atomic mass is 35.5. The number of methoxy groups -OCH3 is 1. The number of aryl methyl sites for hydroxylation is 1. The van der Waals surface area contributed by atoms with Gasteiger partial charge in [-0.15, -0.1) is 0 Å². The molecule has 0 aliphatic carbocycles. The molecule has 0 fully saturated rings. The second kappa shape index (κ2) is 9.76. The minimum Gasteiger partial charge on any atom is -0.465 e. The van der Waals surface area contributed by atoms with Crippen molar-refractivity contribution in [3.63, 3.8) is 0 Å². The maximum atomic E-state index is 13.6. The first kappa shape index (κ1) is 26.6. The minimum atomic E-state index is -4.60. The Bertz CT molecular complexity index is 1500. The second-order valence-electron chi connectivity index (χ2n) is 8.46. The van der Waals surface area contributed by atoms with Crippen molar-refractivity contribution in [2.24, 2.45) is 0 Å². The summed E-state index contributed by atoms with van der Waals surface area (Å²) in [7, 11) is 1.17. The standard InChI is InChI=1S/C27H21Cl2F3N2O3/c1-14-10-17(15(2)33(14)23-13-19(28)8-9-22(23)29)11-21-24(26(36)37-4)16(3)34(25(21)35)20-7-5-6-18(12-20)27(30,31)32/h5-13H,1-4H3. The zero-order valence-electron chi connectivity index (χ0n) is 20.2. The molecule has 1 aromatic heterocycles. The largest absolute Gasteiger partial charge is 0.465 e. The van der Waals surface area contributed by atoms with Gasteiger partial charge in [0.05, 0.1) is 34.5 Å². The number of hydrogen-bond donors (Lipinski definition) is 0. The number of benzene rings is 2. The summed E-state index contributed by atoms with van der Waals surface area (Å²) in [6, 6.07) is 11.2. The molecule has 1 amide bonds. The normalized spacial score (nSPS) is 15.2. The Balaban J connectivity index is 1.87. The van der Waals surface area contributed by atoms with Gasteiger partial charge in [-0.2, -0.15) is 13.2 Å². The number of amides is 1. The Morgan fingerprint density at radius 3 is 2.38 bits per heavy atom. The van der Waals surface area contributed by atoms with Gasteiger partial charge in [-0.3, -0.25) is 9.69 Å². The van der Waals surface area contributed by atoms with Crippen molar-refractivity contribution >= 4 is 46.8 Å². The van der Waals surface area contributed by atoms with Gasteiger partial charge in [-0.05, 0) is 74.9 Å². The lowest BCUT2D eigenvalue weighted by atomic mass is 10.0. The average Bonchev–Trinajstić information content (AvgIpc) is 3.25. The summed E-state index contributed by atoms with van der Waals surface area (Å²) in [5.74, 6) is -1.43. The molecular weight excluding hydrogens is 528 g/mol. The second-order valence-corrected chi connectivity index (χ2v) is 9.30. The van der Waals surface area contributed by atoms with Gasteiger partial charge < -0.3 is 9.30 Å². The van der Waals surface area contributed by atoms with Gasteiger partial charge in [-0.1, -0.05) is 29.3 Å². The van der Waals surface area contributed by atoms with Gasteiger partial charge in [0.1, 0.15) is 0 Å². The van der Waals surface area contributed by atoms with Gasteiger partial charge in [0.15, 0.2) is 0 Å². The number of anilines is 1. The highest BCUT2D eigenvalue weighted by Crippen LogP contribution is 2.39. The summed E-state index contributed by atoms with van der Waals surface area (Å²) in [4.78, 5) is 27.4. The lowest BCUT2D eigenvalue weighted by Crippen LogP contribution is -2.25. The van der Waals surface area contributed by atoms with Crippen LogP contribution in [0, 0.1) is 13.8 Å². The third kappa shape index (κ3) is 4.79. The van der Waals surface area contributed by atoms with E-state index in [-0.39, 0.29) is 22.5 Å².